The van der Waals surface area contributed by atoms with Gasteiger partial charge < -0.3 is 19.6 Å². The number of hydrogen-bond donors (Lipinski definition) is 2. The lowest BCUT2D eigenvalue weighted by Crippen LogP contribution is -2.38. The average Bonchev–Trinajstić information content (AvgIpc) is 3.10. The molecule has 0 bridgehead atoms. The van der Waals surface area contributed by atoms with Gasteiger partial charge in [0, 0.05) is 44.4 Å². The van der Waals surface area contributed by atoms with Crippen LogP contribution in [0.1, 0.15) is 31.2 Å². The number of pyridine rings is 1. The summed E-state index contributed by atoms with van der Waals surface area (Å²) < 4.78 is 7.14. The molecule has 0 saturated carbocycles. The molecule has 2 heterocycles. The number of aromatic nitrogens is 1. The third-order valence-corrected chi connectivity index (χ3v) is 3.92. The first-order valence-corrected chi connectivity index (χ1v) is 8.91. The summed E-state index contributed by atoms with van der Waals surface area (Å²) in [4.78, 5) is 16.4. The maximum atomic E-state index is 11.8. The third-order valence-electron chi connectivity index (χ3n) is 3.92. The van der Waals surface area contributed by atoms with Gasteiger partial charge in [-0.3, -0.25) is 9.79 Å². The molecule has 0 aliphatic rings. The Morgan fingerprint density at radius 3 is 2.80 bits per heavy atom. The van der Waals surface area contributed by atoms with Crippen molar-refractivity contribution in [1.29, 1.82) is 0 Å². The summed E-state index contributed by atoms with van der Waals surface area (Å²) in [5.74, 6) is 1.79. The van der Waals surface area contributed by atoms with Crippen LogP contribution in [0.2, 0.25) is 0 Å². The number of aliphatic imine (C=N–C) groups is 1. The van der Waals surface area contributed by atoms with Crippen molar-refractivity contribution in [1.82, 2.24) is 15.2 Å². The first kappa shape index (κ1) is 18.8. The maximum absolute atomic E-state index is 11.8. The predicted molar refractivity (Wildman–Crippen MR) is 101 cm³/mol. The number of unbranched alkanes of at least 4 members (excludes halogenated alkanes) is 1. The molecule has 2 N–H and O–H groups in total. The Morgan fingerprint density at radius 1 is 1.20 bits per heavy atom. The highest BCUT2D eigenvalue weighted by atomic mass is 16.3. The number of rotatable bonds is 9. The smallest absolute Gasteiger partial charge is 0.250 e. The summed E-state index contributed by atoms with van der Waals surface area (Å²) in [6.45, 7) is 7.09. The van der Waals surface area contributed by atoms with Crippen LogP contribution in [0.4, 0.5) is 0 Å². The lowest BCUT2D eigenvalue weighted by atomic mass is 10.3. The van der Waals surface area contributed by atoms with Crippen molar-refractivity contribution in [3.63, 3.8) is 0 Å². The number of nitrogens with one attached hydrogen (secondary N) is 2. The van der Waals surface area contributed by atoms with Crippen molar-refractivity contribution < 1.29 is 4.42 Å². The van der Waals surface area contributed by atoms with Crippen LogP contribution < -0.4 is 16.2 Å². The zero-order chi connectivity index (χ0) is 17.9. The minimum atomic E-state index is 0.0661. The molecular weight excluding hydrogens is 316 g/mol. The van der Waals surface area contributed by atoms with Crippen LogP contribution in [0.3, 0.4) is 0 Å². The Labute approximate surface area is 149 Å². The largest absolute Gasteiger partial charge is 0.469 e. The fraction of sp³-hybridized carbons (Fsp3) is 0.474. The molecule has 0 unspecified atom stereocenters. The maximum Gasteiger partial charge on any atom is 0.250 e. The van der Waals surface area contributed by atoms with Gasteiger partial charge in [0.05, 0.1) is 6.26 Å². The van der Waals surface area contributed by atoms with Crippen molar-refractivity contribution in [3.05, 3.63) is 58.4 Å². The molecule has 0 amide bonds. The van der Waals surface area contributed by atoms with Crippen LogP contribution in [0.25, 0.3) is 0 Å². The van der Waals surface area contributed by atoms with E-state index in [1.54, 1.807) is 18.4 Å². The van der Waals surface area contributed by atoms with Crippen LogP contribution in [-0.4, -0.2) is 30.2 Å². The Morgan fingerprint density at radius 2 is 2.08 bits per heavy atom. The number of aryl methyl sites for hydroxylation is 1. The van der Waals surface area contributed by atoms with Gasteiger partial charge in [-0.15, -0.1) is 0 Å². The summed E-state index contributed by atoms with van der Waals surface area (Å²) >= 11 is 0. The minimum Gasteiger partial charge on any atom is -0.469 e. The monoisotopic (exact) mass is 344 g/mol. The van der Waals surface area contributed by atoms with Crippen LogP contribution in [-0.2, 0) is 13.0 Å². The minimum absolute atomic E-state index is 0.0661. The highest BCUT2D eigenvalue weighted by molar-refractivity contribution is 5.79. The lowest BCUT2D eigenvalue weighted by Gasteiger charge is -2.11. The molecule has 6 heteroatoms. The third kappa shape index (κ3) is 6.49. The van der Waals surface area contributed by atoms with Crippen LogP contribution in [0.5, 0.6) is 0 Å². The molecule has 2 rings (SSSR count). The first-order chi connectivity index (χ1) is 12.2. The Balaban J connectivity index is 1.72. The van der Waals surface area contributed by atoms with E-state index < -0.39 is 0 Å². The molecule has 2 aromatic rings. The number of guanidine groups is 1. The van der Waals surface area contributed by atoms with Crippen LogP contribution in [0.15, 0.2) is 50.8 Å². The summed E-state index contributed by atoms with van der Waals surface area (Å²) in [5, 5.41) is 6.55. The van der Waals surface area contributed by atoms with Gasteiger partial charge in [0.2, 0.25) is 0 Å². The zero-order valence-electron chi connectivity index (χ0n) is 15.1. The van der Waals surface area contributed by atoms with Gasteiger partial charge >= 0.3 is 0 Å². The molecule has 6 nitrogen and oxygen atoms in total. The predicted octanol–water partition coefficient (Wildman–Crippen LogP) is 2.33. The standard InChI is InChI=1S/C19H28N4O2/c1-3-20-19(22-13-11-17-9-7-15-25-17)21-12-4-5-14-23-16(2)8-6-10-18(23)24/h6-10,15H,3-5,11-14H2,1-2H3,(H2,20,21,22). The topological polar surface area (TPSA) is 71.6 Å². The summed E-state index contributed by atoms with van der Waals surface area (Å²) in [7, 11) is 0. The average molecular weight is 344 g/mol. The van der Waals surface area contributed by atoms with Crippen LogP contribution in [0, 0.1) is 6.92 Å². The Bertz CT molecular complexity index is 704. The van der Waals surface area contributed by atoms with Gasteiger partial charge in [0.1, 0.15) is 5.76 Å². The van der Waals surface area contributed by atoms with Crippen molar-refractivity contribution in [2.45, 2.75) is 39.7 Å². The molecule has 0 saturated heterocycles. The Hall–Kier alpha value is -2.50. The molecule has 0 atom stereocenters. The van der Waals surface area contributed by atoms with Crippen molar-refractivity contribution >= 4 is 5.96 Å². The fourth-order valence-corrected chi connectivity index (χ4v) is 2.58. The number of hydrogen-bond acceptors (Lipinski definition) is 3. The van der Waals surface area contributed by atoms with Crippen molar-refractivity contribution in [2.75, 3.05) is 19.6 Å². The van der Waals surface area contributed by atoms with E-state index in [1.807, 2.05) is 36.6 Å². The molecule has 2 aromatic heterocycles. The second kappa shape index (κ2) is 10.4. The van der Waals surface area contributed by atoms with Gasteiger partial charge in [0.25, 0.3) is 5.56 Å². The second-order valence-electron chi connectivity index (χ2n) is 5.88. The van der Waals surface area contributed by atoms with Gasteiger partial charge in [-0.05, 0) is 44.9 Å². The highest BCUT2D eigenvalue weighted by Crippen LogP contribution is 2.00. The van der Waals surface area contributed by atoms with Crippen molar-refractivity contribution in [3.8, 4) is 0 Å². The van der Waals surface area contributed by atoms with Gasteiger partial charge in [-0.25, -0.2) is 0 Å². The lowest BCUT2D eigenvalue weighted by molar-refractivity contribution is 0.506. The van der Waals surface area contributed by atoms with Gasteiger partial charge in [-0.1, -0.05) is 6.07 Å². The van der Waals surface area contributed by atoms with E-state index in [4.69, 9.17) is 4.42 Å². The molecule has 0 aliphatic heterocycles. The van der Waals surface area contributed by atoms with Crippen LogP contribution >= 0.6 is 0 Å². The number of furan rings is 1. The van der Waals surface area contributed by atoms with E-state index in [1.165, 1.54) is 0 Å². The van der Waals surface area contributed by atoms with E-state index in [0.717, 1.165) is 62.9 Å². The molecule has 25 heavy (non-hydrogen) atoms. The molecule has 0 radical (unpaired) electrons. The SMILES string of the molecule is CCNC(=NCCCCn1c(C)cccc1=O)NCCc1ccco1. The summed E-state index contributed by atoms with van der Waals surface area (Å²) in [6.07, 6.45) is 4.39. The van der Waals surface area contributed by atoms with E-state index in [2.05, 4.69) is 15.6 Å². The molecule has 0 aromatic carbocycles. The Kier molecular flexibility index (Phi) is 7.82. The summed E-state index contributed by atoms with van der Waals surface area (Å²) in [6, 6.07) is 9.24. The molecule has 136 valence electrons. The van der Waals surface area contributed by atoms with Gasteiger partial charge in [-0.2, -0.15) is 0 Å². The van der Waals surface area contributed by atoms with E-state index in [-0.39, 0.29) is 5.56 Å². The van der Waals surface area contributed by atoms with Crippen molar-refractivity contribution in [2.24, 2.45) is 4.99 Å². The first-order valence-electron chi connectivity index (χ1n) is 8.91. The number of nitrogens with zero attached hydrogens (tertiary/aromatic N) is 2. The fourth-order valence-electron chi connectivity index (χ4n) is 2.58. The molecule has 0 spiro atoms. The highest BCUT2D eigenvalue weighted by Gasteiger charge is 2.01. The normalized spacial score (nSPS) is 11.5. The van der Waals surface area contributed by atoms with E-state index in [9.17, 15) is 4.79 Å². The second-order valence-corrected chi connectivity index (χ2v) is 5.88. The summed E-state index contributed by atoms with van der Waals surface area (Å²) in [5.41, 5.74) is 1.07. The van der Waals surface area contributed by atoms with Gasteiger partial charge in [0.15, 0.2) is 5.96 Å². The van der Waals surface area contributed by atoms with E-state index in [0.29, 0.717) is 0 Å². The molecule has 0 aliphatic carbocycles. The molecule has 0 fully saturated rings. The zero-order valence-corrected chi connectivity index (χ0v) is 15.1. The van der Waals surface area contributed by atoms with E-state index >= 15 is 0 Å². The quantitative estimate of drug-likeness (QED) is 0.416. The molecular formula is C19H28N4O2.